The van der Waals surface area contributed by atoms with Crippen molar-refractivity contribution in [3.8, 4) is 0 Å². The number of rotatable bonds is 2. The van der Waals surface area contributed by atoms with E-state index in [4.69, 9.17) is 11.6 Å². The van der Waals surface area contributed by atoms with Crippen LogP contribution in [0.3, 0.4) is 0 Å². The number of aromatic nitrogens is 2. The average molecular weight is 373 g/mol. The predicted octanol–water partition coefficient (Wildman–Crippen LogP) is 3.17. The number of amides is 1. The van der Waals surface area contributed by atoms with Gasteiger partial charge in [-0.3, -0.25) is 14.4 Å². The van der Waals surface area contributed by atoms with E-state index in [9.17, 15) is 4.79 Å². The molecule has 0 bridgehead atoms. The standard InChI is InChI=1S/C20H25ClN4O/c1-23-14-16(15-6-4-3-5-7-15)12-20(23)8-10-25(11-9-20)19(26)18-17(21)13-22-24(18)2/h3-7,13,16H,8-12,14H2,1-2H3/t16-/m0/s1. The molecule has 2 aliphatic heterocycles. The number of aryl methyl sites for hydroxylation is 1. The van der Waals surface area contributed by atoms with Gasteiger partial charge in [-0.1, -0.05) is 41.9 Å². The van der Waals surface area contributed by atoms with Crippen LogP contribution in [-0.4, -0.2) is 57.7 Å². The molecule has 1 amide bonds. The number of halogens is 1. The van der Waals surface area contributed by atoms with E-state index in [-0.39, 0.29) is 11.4 Å². The van der Waals surface area contributed by atoms with Gasteiger partial charge in [0.1, 0.15) is 5.69 Å². The molecule has 2 saturated heterocycles. The molecule has 1 aromatic heterocycles. The Morgan fingerprint density at radius 1 is 1.19 bits per heavy atom. The van der Waals surface area contributed by atoms with Gasteiger partial charge in [-0.25, -0.2) is 0 Å². The highest BCUT2D eigenvalue weighted by atomic mass is 35.5. The minimum atomic E-state index is -0.00916. The number of carbonyl (C=O) groups is 1. The van der Waals surface area contributed by atoms with Crippen LogP contribution in [-0.2, 0) is 7.05 Å². The maximum absolute atomic E-state index is 12.8. The number of hydrogen-bond acceptors (Lipinski definition) is 3. The van der Waals surface area contributed by atoms with E-state index in [1.54, 1.807) is 11.7 Å². The maximum atomic E-state index is 12.8. The summed E-state index contributed by atoms with van der Waals surface area (Å²) in [5.41, 5.74) is 2.12. The maximum Gasteiger partial charge on any atom is 0.273 e. The van der Waals surface area contributed by atoms with Gasteiger partial charge in [-0.2, -0.15) is 5.10 Å². The van der Waals surface area contributed by atoms with Gasteiger partial charge in [0.05, 0.1) is 11.2 Å². The zero-order chi connectivity index (χ0) is 18.3. The van der Waals surface area contributed by atoms with Gasteiger partial charge in [0.25, 0.3) is 5.91 Å². The van der Waals surface area contributed by atoms with E-state index in [1.807, 2.05) is 4.90 Å². The average Bonchev–Trinajstić information content (AvgIpc) is 3.16. The summed E-state index contributed by atoms with van der Waals surface area (Å²) in [6, 6.07) is 10.8. The Morgan fingerprint density at radius 3 is 2.50 bits per heavy atom. The molecule has 2 aliphatic rings. The highest BCUT2D eigenvalue weighted by Crippen LogP contribution is 2.44. The van der Waals surface area contributed by atoms with Crippen LogP contribution in [0.5, 0.6) is 0 Å². The minimum Gasteiger partial charge on any atom is -0.337 e. The molecule has 0 unspecified atom stereocenters. The Morgan fingerprint density at radius 2 is 1.88 bits per heavy atom. The number of likely N-dealkylation sites (tertiary alicyclic amines) is 2. The lowest BCUT2D eigenvalue weighted by atomic mass is 9.81. The second kappa shape index (κ2) is 6.71. The van der Waals surface area contributed by atoms with Crippen molar-refractivity contribution in [1.82, 2.24) is 19.6 Å². The molecule has 0 radical (unpaired) electrons. The van der Waals surface area contributed by atoms with Gasteiger partial charge in [0.2, 0.25) is 0 Å². The van der Waals surface area contributed by atoms with Crippen molar-refractivity contribution in [3.05, 3.63) is 52.8 Å². The van der Waals surface area contributed by atoms with Gasteiger partial charge >= 0.3 is 0 Å². The third kappa shape index (κ3) is 2.93. The van der Waals surface area contributed by atoms with E-state index in [1.165, 1.54) is 18.2 Å². The summed E-state index contributed by atoms with van der Waals surface area (Å²) >= 11 is 6.15. The van der Waals surface area contributed by atoms with Crippen LogP contribution in [0.25, 0.3) is 0 Å². The molecule has 0 saturated carbocycles. The van der Waals surface area contributed by atoms with Crippen LogP contribution < -0.4 is 0 Å². The summed E-state index contributed by atoms with van der Waals surface area (Å²) in [6.07, 6.45) is 4.72. The molecule has 0 N–H and O–H groups in total. The Labute approximate surface area is 159 Å². The third-order valence-electron chi connectivity index (χ3n) is 6.28. The third-order valence-corrected chi connectivity index (χ3v) is 6.56. The van der Waals surface area contributed by atoms with Gasteiger partial charge in [-0.15, -0.1) is 0 Å². The SMILES string of the molecule is CN1C[C@@H](c2ccccc2)CC12CCN(C(=O)c1c(Cl)cnn1C)CC2. The largest absolute Gasteiger partial charge is 0.337 e. The van der Waals surface area contributed by atoms with Crippen molar-refractivity contribution >= 4 is 17.5 Å². The molecule has 6 heteroatoms. The second-order valence-corrected chi connectivity index (χ2v) is 8.08. The summed E-state index contributed by atoms with van der Waals surface area (Å²) < 4.78 is 1.57. The van der Waals surface area contributed by atoms with Crippen molar-refractivity contribution < 1.29 is 4.79 Å². The van der Waals surface area contributed by atoms with E-state index >= 15 is 0 Å². The molecule has 5 nitrogen and oxygen atoms in total. The molecule has 2 aromatic rings. The number of likely N-dealkylation sites (N-methyl/N-ethyl adjacent to an activating group) is 1. The summed E-state index contributed by atoms with van der Waals surface area (Å²) in [5.74, 6) is 0.570. The molecular formula is C20H25ClN4O. The van der Waals surface area contributed by atoms with Crippen molar-refractivity contribution in [1.29, 1.82) is 0 Å². The quantitative estimate of drug-likeness (QED) is 0.813. The Kier molecular flexibility index (Phi) is 4.53. The van der Waals surface area contributed by atoms with Crippen LogP contribution >= 0.6 is 11.6 Å². The molecule has 1 spiro atoms. The topological polar surface area (TPSA) is 41.4 Å². The predicted molar refractivity (Wildman–Crippen MR) is 103 cm³/mol. The first kappa shape index (κ1) is 17.6. The summed E-state index contributed by atoms with van der Waals surface area (Å²) in [4.78, 5) is 17.3. The summed E-state index contributed by atoms with van der Waals surface area (Å²) in [5, 5.41) is 4.52. The molecule has 3 heterocycles. The van der Waals surface area contributed by atoms with Crippen molar-refractivity contribution in [3.63, 3.8) is 0 Å². The minimum absolute atomic E-state index is 0.00916. The number of hydrogen-bond donors (Lipinski definition) is 0. The number of benzene rings is 1. The van der Waals surface area contributed by atoms with Crippen molar-refractivity contribution in [2.45, 2.75) is 30.7 Å². The zero-order valence-corrected chi connectivity index (χ0v) is 16.1. The van der Waals surface area contributed by atoms with E-state index in [0.29, 0.717) is 16.6 Å². The molecule has 1 aromatic carbocycles. The lowest BCUT2D eigenvalue weighted by molar-refractivity contribution is 0.0483. The lowest BCUT2D eigenvalue weighted by Crippen LogP contribution is -2.52. The van der Waals surface area contributed by atoms with Gasteiger partial charge in [-0.05, 0) is 37.8 Å². The smallest absolute Gasteiger partial charge is 0.273 e. The van der Waals surface area contributed by atoms with Crippen LogP contribution in [0.4, 0.5) is 0 Å². The first-order valence-corrected chi connectivity index (χ1v) is 9.61. The Bertz CT molecular complexity index is 776. The molecule has 138 valence electrons. The first-order chi connectivity index (χ1) is 12.5. The first-order valence-electron chi connectivity index (χ1n) is 9.23. The molecular weight excluding hydrogens is 348 g/mol. The van der Waals surface area contributed by atoms with Crippen LogP contribution in [0.15, 0.2) is 36.5 Å². The Hall–Kier alpha value is -1.85. The molecule has 26 heavy (non-hydrogen) atoms. The van der Waals surface area contributed by atoms with E-state index < -0.39 is 0 Å². The fourth-order valence-electron chi connectivity index (χ4n) is 4.66. The number of nitrogens with zero attached hydrogens (tertiary/aromatic N) is 4. The lowest BCUT2D eigenvalue weighted by Gasteiger charge is -2.43. The highest BCUT2D eigenvalue weighted by molar-refractivity contribution is 6.33. The summed E-state index contributed by atoms with van der Waals surface area (Å²) in [6.45, 7) is 2.63. The van der Waals surface area contributed by atoms with Crippen molar-refractivity contribution in [2.75, 3.05) is 26.7 Å². The fourth-order valence-corrected chi connectivity index (χ4v) is 4.91. The van der Waals surface area contributed by atoms with Crippen molar-refractivity contribution in [2.24, 2.45) is 7.05 Å². The van der Waals surface area contributed by atoms with Gasteiger partial charge in [0.15, 0.2) is 0 Å². The number of carbonyl (C=O) groups excluding carboxylic acids is 1. The molecule has 4 rings (SSSR count). The fraction of sp³-hybridized carbons (Fsp3) is 0.500. The van der Waals surface area contributed by atoms with E-state index in [0.717, 1.165) is 32.5 Å². The molecule has 0 aliphatic carbocycles. The molecule has 1 atom stereocenters. The molecule has 2 fully saturated rings. The van der Waals surface area contributed by atoms with Gasteiger partial charge < -0.3 is 4.90 Å². The normalized spacial score (nSPS) is 22.9. The van der Waals surface area contributed by atoms with Crippen LogP contribution in [0.1, 0.15) is 41.2 Å². The zero-order valence-electron chi connectivity index (χ0n) is 15.4. The van der Waals surface area contributed by atoms with Crippen LogP contribution in [0.2, 0.25) is 5.02 Å². The number of piperidine rings is 1. The Balaban J connectivity index is 1.45. The van der Waals surface area contributed by atoms with Gasteiger partial charge in [0, 0.05) is 32.2 Å². The second-order valence-electron chi connectivity index (χ2n) is 7.67. The van der Waals surface area contributed by atoms with E-state index in [2.05, 4.69) is 47.4 Å². The monoisotopic (exact) mass is 372 g/mol. The summed E-state index contributed by atoms with van der Waals surface area (Å²) in [7, 11) is 4.00. The highest BCUT2D eigenvalue weighted by Gasteiger charge is 2.46. The van der Waals surface area contributed by atoms with Crippen LogP contribution in [0, 0.1) is 0 Å².